The zero-order chi connectivity index (χ0) is 9.97. The van der Waals surface area contributed by atoms with Gasteiger partial charge in [0.2, 0.25) is 0 Å². The fraction of sp³-hybridized carbons (Fsp3) is 0.500. The van der Waals surface area contributed by atoms with Crippen LogP contribution in [0.15, 0.2) is 24.3 Å². The van der Waals surface area contributed by atoms with Crippen molar-refractivity contribution in [1.82, 2.24) is 0 Å². The molecule has 1 aromatic carbocycles. The maximum absolute atomic E-state index is 9.18. The number of aromatic hydroxyl groups is 1. The van der Waals surface area contributed by atoms with Gasteiger partial charge in [-0.05, 0) is 36.0 Å². The van der Waals surface area contributed by atoms with E-state index in [0.29, 0.717) is 17.6 Å². The number of hydrogen-bond acceptors (Lipinski definition) is 2. The Morgan fingerprint density at radius 3 is 2.64 bits per heavy atom. The molecule has 1 aliphatic heterocycles. The van der Waals surface area contributed by atoms with E-state index in [4.69, 9.17) is 4.74 Å². The third-order valence-corrected chi connectivity index (χ3v) is 3.09. The first-order chi connectivity index (χ1) is 6.77. The first-order valence-corrected chi connectivity index (χ1v) is 5.14. The van der Waals surface area contributed by atoms with Crippen molar-refractivity contribution in [1.29, 1.82) is 0 Å². The summed E-state index contributed by atoms with van der Waals surface area (Å²) in [6, 6.07) is 7.50. The number of hydrogen-bond donors (Lipinski definition) is 1. The first kappa shape index (κ1) is 9.53. The number of ether oxygens (including phenoxy) is 1. The van der Waals surface area contributed by atoms with Gasteiger partial charge in [-0.25, -0.2) is 0 Å². The van der Waals surface area contributed by atoms with Crippen LogP contribution in [0.25, 0.3) is 0 Å². The van der Waals surface area contributed by atoms with Crippen LogP contribution in [-0.4, -0.2) is 18.3 Å². The van der Waals surface area contributed by atoms with Crippen molar-refractivity contribution >= 4 is 0 Å². The van der Waals surface area contributed by atoms with Gasteiger partial charge in [-0.3, -0.25) is 0 Å². The Bertz CT molecular complexity index is 286. The number of phenolic OH excluding ortho intramolecular Hbond substituents is 1. The molecule has 2 heteroatoms. The average Bonchev–Trinajstić information content (AvgIpc) is 2.71. The highest BCUT2D eigenvalue weighted by Gasteiger charge is 2.23. The molecule has 2 atom stereocenters. The molecule has 0 aliphatic carbocycles. The maximum atomic E-state index is 9.18. The van der Waals surface area contributed by atoms with Crippen molar-refractivity contribution in [2.24, 2.45) is 5.92 Å². The Balaban J connectivity index is 2.09. The molecule has 1 aromatic rings. The second-order valence-corrected chi connectivity index (χ2v) is 4.00. The second-order valence-electron chi connectivity index (χ2n) is 4.00. The summed E-state index contributed by atoms with van der Waals surface area (Å²) in [4.78, 5) is 0. The minimum atomic E-state index is 0.337. The summed E-state index contributed by atoms with van der Waals surface area (Å²) in [5.41, 5.74) is 1.29. The molecule has 1 saturated heterocycles. The molecule has 0 bridgehead atoms. The van der Waals surface area contributed by atoms with Gasteiger partial charge in [0, 0.05) is 6.61 Å². The molecule has 0 aromatic heterocycles. The van der Waals surface area contributed by atoms with Gasteiger partial charge in [-0.2, -0.15) is 0 Å². The lowest BCUT2D eigenvalue weighted by molar-refractivity contribution is 0.181. The Morgan fingerprint density at radius 1 is 1.36 bits per heavy atom. The Morgan fingerprint density at radius 2 is 2.07 bits per heavy atom. The van der Waals surface area contributed by atoms with Crippen LogP contribution >= 0.6 is 0 Å². The Hall–Kier alpha value is -1.02. The molecule has 2 nitrogen and oxygen atoms in total. The Labute approximate surface area is 84.5 Å². The molecule has 76 valence electrons. The van der Waals surface area contributed by atoms with Gasteiger partial charge in [0.05, 0.1) is 6.61 Å². The molecule has 0 spiro atoms. The molecular weight excluding hydrogens is 176 g/mol. The summed E-state index contributed by atoms with van der Waals surface area (Å²) < 4.78 is 5.37. The second kappa shape index (κ2) is 4.01. The van der Waals surface area contributed by atoms with Crippen molar-refractivity contribution in [3.8, 4) is 5.75 Å². The maximum Gasteiger partial charge on any atom is 0.115 e. The van der Waals surface area contributed by atoms with E-state index in [0.717, 1.165) is 19.6 Å². The molecule has 1 aliphatic rings. The van der Waals surface area contributed by atoms with Gasteiger partial charge in [-0.15, -0.1) is 0 Å². The lowest BCUT2D eigenvalue weighted by atomic mass is 9.87. The topological polar surface area (TPSA) is 29.5 Å². The number of rotatable bonds is 2. The van der Waals surface area contributed by atoms with Crippen molar-refractivity contribution in [3.05, 3.63) is 29.8 Å². The van der Waals surface area contributed by atoms with Gasteiger partial charge in [-0.1, -0.05) is 19.1 Å². The number of benzene rings is 1. The molecule has 0 amide bonds. The van der Waals surface area contributed by atoms with E-state index in [-0.39, 0.29) is 0 Å². The van der Waals surface area contributed by atoms with Gasteiger partial charge in [0.15, 0.2) is 0 Å². The predicted molar refractivity (Wildman–Crippen MR) is 55.4 cm³/mol. The van der Waals surface area contributed by atoms with Crippen LogP contribution in [0, 0.1) is 5.92 Å². The minimum Gasteiger partial charge on any atom is -0.508 e. The van der Waals surface area contributed by atoms with Crippen LogP contribution in [0.5, 0.6) is 5.75 Å². The van der Waals surface area contributed by atoms with E-state index in [1.807, 2.05) is 12.1 Å². The highest BCUT2D eigenvalue weighted by molar-refractivity contribution is 5.28. The van der Waals surface area contributed by atoms with Crippen LogP contribution in [-0.2, 0) is 4.74 Å². The van der Waals surface area contributed by atoms with Crippen molar-refractivity contribution in [3.63, 3.8) is 0 Å². The molecule has 0 radical (unpaired) electrons. The van der Waals surface area contributed by atoms with Crippen LogP contribution in [0.1, 0.15) is 24.8 Å². The van der Waals surface area contributed by atoms with E-state index in [1.54, 1.807) is 12.1 Å². The van der Waals surface area contributed by atoms with E-state index in [9.17, 15) is 5.11 Å². The molecule has 1 fully saturated rings. The zero-order valence-electron chi connectivity index (χ0n) is 8.44. The highest BCUT2D eigenvalue weighted by atomic mass is 16.5. The van der Waals surface area contributed by atoms with Gasteiger partial charge >= 0.3 is 0 Å². The molecule has 2 unspecified atom stereocenters. The minimum absolute atomic E-state index is 0.337. The standard InChI is InChI=1S/C12H16O2/c1-9(11-6-7-14-8-11)10-2-4-12(13)5-3-10/h2-5,9,11,13H,6-8H2,1H3. The monoisotopic (exact) mass is 192 g/mol. The summed E-state index contributed by atoms with van der Waals surface area (Å²) in [5.74, 6) is 1.50. The molecule has 0 saturated carbocycles. The van der Waals surface area contributed by atoms with Crippen LogP contribution in [0.4, 0.5) is 0 Å². The fourth-order valence-corrected chi connectivity index (χ4v) is 2.00. The highest BCUT2D eigenvalue weighted by Crippen LogP contribution is 2.30. The first-order valence-electron chi connectivity index (χ1n) is 5.14. The van der Waals surface area contributed by atoms with Gasteiger partial charge < -0.3 is 9.84 Å². The largest absolute Gasteiger partial charge is 0.508 e. The zero-order valence-corrected chi connectivity index (χ0v) is 8.44. The third kappa shape index (κ3) is 1.90. The van der Waals surface area contributed by atoms with Crippen LogP contribution < -0.4 is 0 Å². The summed E-state index contributed by atoms with van der Waals surface area (Å²) in [6.07, 6.45) is 1.15. The quantitative estimate of drug-likeness (QED) is 0.780. The third-order valence-electron chi connectivity index (χ3n) is 3.09. The summed E-state index contributed by atoms with van der Waals surface area (Å²) in [7, 11) is 0. The Kier molecular flexibility index (Phi) is 2.73. The summed E-state index contributed by atoms with van der Waals surface area (Å²) >= 11 is 0. The van der Waals surface area contributed by atoms with E-state index < -0.39 is 0 Å². The molecular formula is C12H16O2. The molecule has 1 heterocycles. The van der Waals surface area contributed by atoms with Crippen LogP contribution in [0.3, 0.4) is 0 Å². The van der Waals surface area contributed by atoms with Gasteiger partial charge in [0.25, 0.3) is 0 Å². The van der Waals surface area contributed by atoms with E-state index >= 15 is 0 Å². The summed E-state index contributed by atoms with van der Waals surface area (Å²) in [5, 5.41) is 9.18. The average molecular weight is 192 g/mol. The SMILES string of the molecule is CC(c1ccc(O)cc1)C1CCOC1. The summed E-state index contributed by atoms with van der Waals surface area (Å²) in [6.45, 7) is 4.00. The molecule has 1 N–H and O–H groups in total. The van der Waals surface area contributed by atoms with Crippen molar-refractivity contribution in [2.75, 3.05) is 13.2 Å². The molecule has 2 rings (SSSR count). The smallest absolute Gasteiger partial charge is 0.115 e. The van der Waals surface area contributed by atoms with Gasteiger partial charge in [0.1, 0.15) is 5.75 Å². The number of phenols is 1. The predicted octanol–water partition coefficient (Wildman–Crippen LogP) is 2.53. The lowest BCUT2D eigenvalue weighted by Crippen LogP contribution is -2.09. The van der Waals surface area contributed by atoms with E-state index in [1.165, 1.54) is 5.56 Å². The van der Waals surface area contributed by atoms with Crippen molar-refractivity contribution < 1.29 is 9.84 Å². The van der Waals surface area contributed by atoms with E-state index in [2.05, 4.69) is 6.92 Å². The normalized spacial score (nSPS) is 23.6. The molecule has 14 heavy (non-hydrogen) atoms. The lowest BCUT2D eigenvalue weighted by Gasteiger charge is -2.17. The van der Waals surface area contributed by atoms with Crippen LogP contribution in [0.2, 0.25) is 0 Å². The van der Waals surface area contributed by atoms with Crippen molar-refractivity contribution in [2.45, 2.75) is 19.3 Å². The fourth-order valence-electron chi connectivity index (χ4n) is 2.00.